The number of aromatic carboxylic acids is 1. The van der Waals surface area contributed by atoms with Crippen LogP contribution in [0.15, 0.2) is 53.3 Å². The molecule has 1 atom stereocenters. The van der Waals surface area contributed by atoms with Crippen molar-refractivity contribution >= 4 is 34.9 Å². The van der Waals surface area contributed by atoms with Gasteiger partial charge in [-0.15, -0.1) is 5.10 Å². The number of nitrogens with one attached hydrogen (secondary N) is 1. The van der Waals surface area contributed by atoms with E-state index < -0.39 is 23.5 Å². The molecule has 0 aliphatic carbocycles. The Morgan fingerprint density at radius 3 is 2.31 bits per heavy atom. The van der Waals surface area contributed by atoms with Gasteiger partial charge in [0, 0.05) is 22.3 Å². The Morgan fingerprint density at radius 1 is 1.08 bits per heavy atom. The van der Waals surface area contributed by atoms with E-state index in [1.807, 2.05) is 13.8 Å². The number of methoxy groups -OCH3 is 1. The predicted octanol–water partition coefficient (Wildman–Crippen LogP) is 4.70. The number of hydrogen-bond donors (Lipinski definition) is 2. The van der Waals surface area contributed by atoms with Gasteiger partial charge in [-0.05, 0) is 67.3 Å². The standard InChI is InChI=1S/C26H26ClN3O6/c1-14(2)11-22(24(33)28-18-8-5-16(6-9-18)26(34)35)30-23(32)13-21(25(29-30)36-4)20-12-17(27)7-10-19(20)15(3)31/h5-10,12-14,22H,11H2,1-4H3,(H,28,33)(H,34,35). The number of nitrogens with zero attached hydrogens (tertiary/aromatic N) is 2. The zero-order valence-corrected chi connectivity index (χ0v) is 21.0. The summed E-state index contributed by atoms with van der Waals surface area (Å²) in [5.41, 5.74) is 0.905. The van der Waals surface area contributed by atoms with Crippen LogP contribution in [0.2, 0.25) is 5.02 Å². The smallest absolute Gasteiger partial charge is 0.335 e. The van der Waals surface area contributed by atoms with E-state index in [0.29, 0.717) is 28.3 Å². The topological polar surface area (TPSA) is 128 Å². The van der Waals surface area contributed by atoms with Gasteiger partial charge in [0.25, 0.3) is 5.56 Å². The molecule has 0 bridgehead atoms. The third-order valence-corrected chi connectivity index (χ3v) is 5.69. The molecule has 188 valence electrons. The second-order valence-corrected chi connectivity index (χ2v) is 9.05. The lowest BCUT2D eigenvalue weighted by molar-refractivity contribution is -0.120. The highest BCUT2D eigenvalue weighted by molar-refractivity contribution is 6.31. The first-order valence-corrected chi connectivity index (χ1v) is 11.5. The van der Waals surface area contributed by atoms with Gasteiger partial charge < -0.3 is 15.2 Å². The molecule has 0 aliphatic rings. The second-order valence-electron chi connectivity index (χ2n) is 8.61. The van der Waals surface area contributed by atoms with Crippen molar-refractivity contribution in [3.8, 4) is 17.0 Å². The number of ether oxygens (including phenoxy) is 1. The summed E-state index contributed by atoms with van der Waals surface area (Å²) in [6.45, 7) is 5.22. The van der Waals surface area contributed by atoms with Gasteiger partial charge in [-0.3, -0.25) is 14.4 Å². The number of benzene rings is 2. The van der Waals surface area contributed by atoms with Crippen LogP contribution in [0.25, 0.3) is 11.1 Å². The molecule has 3 rings (SSSR count). The van der Waals surface area contributed by atoms with Crippen LogP contribution in [-0.2, 0) is 4.79 Å². The van der Waals surface area contributed by atoms with Crippen LogP contribution >= 0.6 is 11.6 Å². The third kappa shape index (κ3) is 5.98. The van der Waals surface area contributed by atoms with Crippen molar-refractivity contribution in [1.29, 1.82) is 0 Å². The first-order valence-electron chi connectivity index (χ1n) is 11.1. The lowest BCUT2D eigenvalue weighted by Crippen LogP contribution is -2.36. The SMILES string of the molecule is COc1nn(C(CC(C)C)C(=O)Nc2ccc(C(=O)O)cc2)c(=O)cc1-c1cc(Cl)ccc1C(C)=O. The van der Waals surface area contributed by atoms with Crippen molar-refractivity contribution in [3.63, 3.8) is 0 Å². The number of Topliss-reactive ketones (excluding diaryl/α,β-unsaturated/α-hetero) is 1. The van der Waals surface area contributed by atoms with Gasteiger partial charge in [-0.25, -0.2) is 9.48 Å². The molecule has 2 N–H and O–H groups in total. The van der Waals surface area contributed by atoms with E-state index in [1.165, 1.54) is 44.4 Å². The normalized spacial score (nSPS) is 11.7. The zero-order valence-electron chi connectivity index (χ0n) is 20.2. The molecule has 10 heteroatoms. The molecule has 0 fully saturated rings. The molecule has 1 unspecified atom stereocenters. The second kappa shape index (κ2) is 11.2. The summed E-state index contributed by atoms with van der Waals surface area (Å²) < 4.78 is 6.50. The number of amides is 1. The Morgan fingerprint density at radius 2 is 1.75 bits per heavy atom. The lowest BCUT2D eigenvalue weighted by Gasteiger charge is -2.21. The van der Waals surface area contributed by atoms with Gasteiger partial charge in [0.2, 0.25) is 11.8 Å². The van der Waals surface area contributed by atoms with Crippen molar-refractivity contribution in [2.45, 2.75) is 33.2 Å². The summed E-state index contributed by atoms with van der Waals surface area (Å²) in [4.78, 5) is 49.7. The molecule has 0 radical (unpaired) electrons. The fourth-order valence-electron chi connectivity index (χ4n) is 3.75. The molecule has 2 aromatic carbocycles. The van der Waals surface area contributed by atoms with Gasteiger partial charge in [0.05, 0.1) is 18.2 Å². The highest BCUT2D eigenvalue weighted by atomic mass is 35.5. The summed E-state index contributed by atoms with van der Waals surface area (Å²) in [6, 6.07) is 10.7. The first kappa shape index (κ1) is 26.6. The molecule has 0 saturated heterocycles. The van der Waals surface area contributed by atoms with Crippen molar-refractivity contribution in [2.75, 3.05) is 12.4 Å². The fourth-order valence-corrected chi connectivity index (χ4v) is 3.92. The highest BCUT2D eigenvalue weighted by Gasteiger charge is 2.27. The summed E-state index contributed by atoms with van der Waals surface area (Å²) in [5, 5.41) is 16.5. The Hall–Kier alpha value is -3.98. The van der Waals surface area contributed by atoms with Crippen molar-refractivity contribution in [2.24, 2.45) is 5.92 Å². The quantitative estimate of drug-likeness (QED) is 0.398. The zero-order chi connectivity index (χ0) is 26.6. The van der Waals surface area contributed by atoms with Crippen LogP contribution in [0.3, 0.4) is 0 Å². The summed E-state index contributed by atoms with van der Waals surface area (Å²) in [6.07, 6.45) is 0.296. The maximum absolute atomic E-state index is 13.2. The predicted molar refractivity (Wildman–Crippen MR) is 136 cm³/mol. The molecule has 0 aliphatic heterocycles. The molecule has 0 saturated carbocycles. The maximum atomic E-state index is 13.2. The summed E-state index contributed by atoms with van der Waals surface area (Å²) >= 11 is 6.15. The van der Waals surface area contributed by atoms with E-state index in [4.69, 9.17) is 21.4 Å². The number of carboxylic acid groups (broad SMARTS) is 1. The third-order valence-electron chi connectivity index (χ3n) is 5.46. The highest BCUT2D eigenvalue weighted by Crippen LogP contribution is 2.33. The first-order chi connectivity index (χ1) is 17.0. The van der Waals surface area contributed by atoms with Crippen LogP contribution < -0.4 is 15.6 Å². The molecular formula is C26H26ClN3O6. The number of halogens is 1. The van der Waals surface area contributed by atoms with E-state index >= 15 is 0 Å². The fraction of sp³-hybridized carbons (Fsp3) is 0.269. The number of carbonyl (C=O) groups excluding carboxylic acids is 2. The number of hydrogen-bond acceptors (Lipinski definition) is 6. The molecule has 0 spiro atoms. The number of rotatable bonds is 9. The largest absolute Gasteiger partial charge is 0.480 e. The molecule has 1 aromatic heterocycles. The van der Waals surface area contributed by atoms with Crippen LogP contribution in [-0.4, -0.2) is 39.7 Å². The number of ketones is 1. The van der Waals surface area contributed by atoms with Gasteiger partial charge in [-0.2, -0.15) is 0 Å². The lowest BCUT2D eigenvalue weighted by atomic mass is 9.98. The minimum Gasteiger partial charge on any atom is -0.480 e. The van der Waals surface area contributed by atoms with E-state index in [-0.39, 0.29) is 28.7 Å². The van der Waals surface area contributed by atoms with Gasteiger partial charge >= 0.3 is 5.97 Å². The van der Waals surface area contributed by atoms with E-state index in [9.17, 15) is 19.2 Å². The molecule has 1 heterocycles. The number of anilines is 1. The van der Waals surface area contributed by atoms with Gasteiger partial charge in [0.1, 0.15) is 6.04 Å². The summed E-state index contributed by atoms with van der Waals surface area (Å²) in [7, 11) is 1.38. The van der Waals surface area contributed by atoms with Gasteiger partial charge in [0.15, 0.2) is 5.78 Å². The maximum Gasteiger partial charge on any atom is 0.335 e. The molecule has 1 amide bonds. The molecule has 3 aromatic rings. The Kier molecular flexibility index (Phi) is 8.26. The summed E-state index contributed by atoms with van der Waals surface area (Å²) in [5.74, 6) is -1.72. The van der Waals surface area contributed by atoms with Crippen LogP contribution in [0.5, 0.6) is 5.88 Å². The average molecular weight is 512 g/mol. The molecule has 36 heavy (non-hydrogen) atoms. The van der Waals surface area contributed by atoms with E-state index in [0.717, 1.165) is 4.68 Å². The Labute approximate surface area is 212 Å². The van der Waals surface area contributed by atoms with Crippen LogP contribution in [0, 0.1) is 5.92 Å². The van der Waals surface area contributed by atoms with Crippen molar-refractivity contribution in [1.82, 2.24) is 9.78 Å². The molecular weight excluding hydrogens is 486 g/mol. The van der Waals surface area contributed by atoms with E-state index in [1.54, 1.807) is 18.2 Å². The minimum absolute atomic E-state index is 0.0340. The number of carbonyl (C=O) groups is 3. The van der Waals surface area contributed by atoms with E-state index in [2.05, 4.69) is 10.4 Å². The Bertz CT molecular complexity index is 1370. The van der Waals surface area contributed by atoms with Crippen LogP contribution in [0.4, 0.5) is 5.69 Å². The average Bonchev–Trinajstić information content (AvgIpc) is 2.82. The van der Waals surface area contributed by atoms with Crippen molar-refractivity contribution in [3.05, 3.63) is 75.0 Å². The minimum atomic E-state index is -1.08. The van der Waals surface area contributed by atoms with Crippen LogP contribution in [0.1, 0.15) is 53.9 Å². The monoisotopic (exact) mass is 511 g/mol. The van der Waals surface area contributed by atoms with Crippen molar-refractivity contribution < 1.29 is 24.2 Å². The Balaban J connectivity index is 2.06. The number of carboxylic acids is 1. The van der Waals surface area contributed by atoms with Gasteiger partial charge in [-0.1, -0.05) is 25.4 Å². The number of aromatic nitrogens is 2. The molecule has 9 nitrogen and oxygen atoms in total.